The predicted octanol–water partition coefficient (Wildman–Crippen LogP) is 2.88. The summed E-state index contributed by atoms with van der Waals surface area (Å²) in [6, 6.07) is 4.20. The summed E-state index contributed by atoms with van der Waals surface area (Å²) in [7, 11) is 0. The fourth-order valence-corrected chi connectivity index (χ4v) is 4.19. The molecule has 1 aliphatic carbocycles. The van der Waals surface area contributed by atoms with Gasteiger partial charge in [-0.1, -0.05) is 6.07 Å². The van der Waals surface area contributed by atoms with Gasteiger partial charge in [-0.05, 0) is 49.7 Å². The maximum atomic E-state index is 6.14. The van der Waals surface area contributed by atoms with Gasteiger partial charge in [-0.3, -0.25) is 9.88 Å². The van der Waals surface area contributed by atoms with E-state index in [4.69, 9.17) is 9.47 Å². The second-order valence-corrected chi connectivity index (χ2v) is 7.64. The highest BCUT2D eigenvalue weighted by Gasteiger charge is 2.46. The Labute approximate surface area is 139 Å². The molecule has 0 aromatic carbocycles. The summed E-state index contributed by atoms with van der Waals surface area (Å²) in [6.07, 6.45) is 10.5. The highest BCUT2D eigenvalue weighted by molar-refractivity contribution is 5.09. The van der Waals surface area contributed by atoms with Crippen molar-refractivity contribution in [2.45, 2.75) is 44.8 Å². The summed E-state index contributed by atoms with van der Waals surface area (Å²) >= 11 is 0. The van der Waals surface area contributed by atoms with Crippen LogP contribution in [-0.2, 0) is 16.0 Å². The van der Waals surface area contributed by atoms with E-state index in [0.717, 1.165) is 51.8 Å². The number of fused-ring (bicyclic) bond motifs is 1. The van der Waals surface area contributed by atoms with Crippen molar-refractivity contribution in [2.75, 3.05) is 32.9 Å². The molecule has 0 amide bonds. The second-order valence-electron chi connectivity index (χ2n) is 7.64. The lowest BCUT2D eigenvalue weighted by Gasteiger charge is -2.50. The molecule has 3 aliphatic rings. The maximum absolute atomic E-state index is 6.14. The number of pyridine rings is 1. The number of likely N-dealkylation sites (tertiary alicyclic amines) is 1. The van der Waals surface area contributed by atoms with Crippen molar-refractivity contribution in [3.8, 4) is 0 Å². The minimum atomic E-state index is 0.202. The minimum Gasteiger partial charge on any atom is -0.380 e. The van der Waals surface area contributed by atoms with E-state index in [1.54, 1.807) is 0 Å². The monoisotopic (exact) mass is 316 g/mol. The molecule has 0 bridgehead atoms. The second kappa shape index (κ2) is 6.88. The summed E-state index contributed by atoms with van der Waals surface area (Å²) in [6.45, 7) is 5.96. The van der Waals surface area contributed by atoms with Crippen LogP contribution >= 0.6 is 0 Å². The first-order valence-corrected chi connectivity index (χ1v) is 9.15. The summed E-state index contributed by atoms with van der Waals surface area (Å²) < 4.78 is 12.3. The molecule has 0 radical (unpaired) electrons. The van der Waals surface area contributed by atoms with Crippen LogP contribution in [0.5, 0.6) is 0 Å². The topological polar surface area (TPSA) is 34.6 Å². The fourth-order valence-electron chi connectivity index (χ4n) is 4.19. The standard InChI is InChI=1S/C19H28N2O2/c1-3-17(11-20-8-1)12-21-9-6-18-19(14-21,7-2-10-23-18)15-22-13-16-4-5-16/h1,3,8,11,16,18H,2,4-7,9-10,12-15H2/t18-,19+/m1/s1. The fraction of sp³-hybridized carbons (Fsp3) is 0.737. The average molecular weight is 316 g/mol. The van der Waals surface area contributed by atoms with Crippen molar-refractivity contribution in [1.29, 1.82) is 0 Å². The Balaban J connectivity index is 1.41. The van der Waals surface area contributed by atoms with Crippen LogP contribution in [0.1, 0.15) is 37.7 Å². The molecule has 1 aromatic heterocycles. The van der Waals surface area contributed by atoms with Gasteiger partial charge in [0.2, 0.25) is 0 Å². The number of nitrogens with zero attached hydrogens (tertiary/aromatic N) is 2. The summed E-state index contributed by atoms with van der Waals surface area (Å²) in [4.78, 5) is 6.82. The number of piperidine rings is 1. The smallest absolute Gasteiger partial charge is 0.0677 e. The van der Waals surface area contributed by atoms with E-state index in [1.165, 1.54) is 31.2 Å². The molecule has 1 aromatic rings. The van der Waals surface area contributed by atoms with Crippen molar-refractivity contribution in [3.63, 3.8) is 0 Å². The van der Waals surface area contributed by atoms with Crippen LogP contribution in [0.15, 0.2) is 24.5 Å². The van der Waals surface area contributed by atoms with E-state index >= 15 is 0 Å². The molecular formula is C19H28N2O2. The van der Waals surface area contributed by atoms with Gasteiger partial charge in [0.1, 0.15) is 0 Å². The Kier molecular flexibility index (Phi) is 4.65. The maximum Gasteiger partial charge on any atom is 0.0677 e. The summed E-state index contributed by atoms with van der Waals surface area (Å²) in [5, 5.41) is 0. The third kappa shape index (κ3) is 3.76. The number of hydrogen-bond donors (Lipinski definition) is 0. The molecule has 0 N–H and O–H groups in total. The van der Waals surface area contributed by atoms with Gasteiger partial charge in [-0.2, -0.15) is 0 Å². The van der Waals surface area contributed by atoms with E-state index in [9.17, 15) is 0 Å². The number of rotatable bonds is 6. The number of ether oxygens (including phenoxy) is 2. The normalized spacial score (nSPS) is 31.7. The lowest BCUT2D eigenvalue weighted by molar-refractivity contribution is -0.154. The van der Waals surface area contributed by atoms with Crippen molar-refractivity contribution in [2.24, 2.45) is 11.3 Å². The number of hydrogen-bond acceptors (Lipinski definition) is 4. The number of aromatic nitrogens is 1. The molecule has 2 aliphatic heterocycles. The highest BCUT2D eigenvalue weighted by Crippen LogP contribution is 2.41. The lowest BCUT2D eigenvalue weighted by Crippen LogP contribution is -2.56. The van der Waals surface area contributed by atoms with Crippen molar-refractivity contribution < 1.29 is 9.47 Å². The largest absolute Gasteiger partial charge is 0.380 e. The van der Waals surface area contributed by atoms with Crippen molar-refractivity contribution in [1.82, 2.24) is 9.88 Å². The minimum absolute atomic E-state index is 0.202. The van der Waals surface area contributed by atoms with Crippen LogP contribution in [0, 0.1) is 11.3 Å². The molecular weight excluding hydrogens is 288 g/mol. The van der Waals surface area contributed by atoms with Gasteiger partial charge in [0.15, 0.2) is 0 Å². The van der Waals surface area contributed by atoms with Gasteiger partial charge in [0, 0.05) is 50.7 Å². The summed E-state index contributed by atoms with van der Waals surface area (Å²) in [5.74, 6) is 0.837. The van der Waals surface area contributed by atoms with Crippen LogP contribution in [0.3, 0.4) is 0 Å². The third-order valence-corrected chi connectivity index (χ3v) is 5.64. The zero-order valence-corrected chi connectivity index (χ0v) is 14.0. The molecule has 4 heteroatoms. The van der Waals surface area contributed by atoms with E-state index in [-0.39, 0.29) is 5.41 Å². The van der Waals surface area contributed by atoms with Crippen LogP contribution in [0.4, 0.5) is 0 Å². The quantitative estimate of drug-likeness (QED) is 0.808. The molecule has 3 heterocycles. The summed E-state index contributed by atoms with van der Waals surface area (Å²) in [5.41, 5.74) is 1.50. The van der Waals surface area contributed by atoms with E-state index in [0.29, 0.717) is 6.10 Å². The van der Waals surface area contributed by atoms with Crippen LogP contribution in [0.25, 0.3) is 0 Å². The van der Waals surface area contributed by atoms with Gasteiger partial charge in [0.05, 0.1) is 12.7 Å². The lowest BCUT2D eigenvalue weighted by atomic mass is 9.73. The van der Waals surface area contributed by atoms with Gasteiger partial charge < -0.3 is 9.47 Å². The van der Waals surface area contributed by atoms with Crippen molar-refractivity contribution >= 4 is 0 Å². The van der Waals surface area contributed by atoms with Gasteiger partial charge in [-0.15, -0.1) is 0 Å². The predicted molar refractivity (Wildman–Crippen MR) is 89.1 cm³/mol. The molecule has 4 nitrogen and oxygen atoms in total. The highest BCUT2D eigenvalue weighted by atomic mass is 16.5. The van der Waals surface area contributed by atoms with Gasteiger partial charge in [-0.25, -0.2) is 0 Å². The third-order valence-electron chi connectivity index (χ3n) is 5.64. The van der Waals surface area contributed by atoms with E-state index in [2.05, 4.69) is 16.0 Å². The Bertz CT molecular complexity index is 505. The first kappa shape index (κ1) is 15.6. The average Bonchev–Trinajstić information content (AvgIpc) is 3.40. The Morgan fingerprint density at radius 2 is 2.30 bits per heavy atom. The molecule has 2 atom stereocenters. The Morgan fingerprint density at radius 3 is 3.13 bits per heavy atom. The van der Waals surface area contributed by atoms with E-state index in [1.807, 2.05) is 18.5 Å². The van der Waals surface area contributed by atoms with Crippen LogP contribution in [0.2, 0.25) is 0 Å². The van der Waals surface area contributed by atoms with Crippen LogP contribution in [-0.4, -0.2) is 48.9 Å². The molecule has 0 spiro atoms. The Hall–Kier alpha value is -0.970. The SMILES string of the molecule is c1cncc(CN2CC[C@H]3OCCC[C@@]3(COCC3CC3)C2)c1. The van der Waals surface area contributed by atoms with Gasteiger partial charge >= 0.3 is 0 Å². The van der Waals surface area contributed by atoms with Crippen molar-refractivity contribution in [3.05, 3.63) is 30.1 Å². The molecule has 1 saturated carbocycles. The molecule has 126 valence electrons. The zero-order chi connectivity index (χ0) is 15.5. The molecule has 23 heavy (non-hydrogen) atoms. The first-order chi connectivity index (χ1) is 11.3. The van der Waals surface area contributed by atoms with E-state index < -0.39 is 0 Å². The molecule has 3 fully saturated rings. The van der Waals surface area contributed by atoms with Crippen LogP contribution < -0.4 is 0 Å². The zero-order valence-electron chi connectivity index (χ0n) is 14.0. The van der Waals surface area contributed by atoms with Gasteiger partial charge in [0.25, 0.3) is 0 Å². The first-order valence-electron chi connectivity index (χ1n) is 9.15. The molecule has 2 saturated heterocycles. The Morgan fingerprint density at radius 1 is 1.35 bits per heavy atom. The molecule has 0 unspecified atom stereocenters. The molecule has 4 rings (SSSR count).